The second kappa shape index (κ2) is 13.5. The Bertz CT molecular complexity index is 3010. The number of rotatable bonds is 5. The molecule has 0 unspecified atom stereocenters. The maximum Gasteiger partial charge on any atom is 0.104 e. The van der Waals surface area contributed by atoms with Gasteiger partial charge in [0.15, 0.2) is 0 Å². The first-order valence-corrected chi connectivity index (χ1v) is 21.4. The Morgan fingerprint density at radius 1 is 0.421 bits per heavy atom. The summed E-state index contributed by atoms with van der Waals surface area (Å²) in [4.78, 5) is 5.39. The Morgan fingerprint density at radius 2 is 0.965 bits per heavy atom. The maximum atomic E-state index is 10.4. The molecule has 0 bridgehead atoms. The van der Waals surface area contributed by atoms with Crippen molar-refractivity contribution in [3.05, 3.63) is 245 Å². The van der Waals surface area contributed by atoms with Gasteiger partial charge in [0.25, 0.3) is 0 Å². The van der Waals surface area contributed by atoms with Gasteiger partial charge in [-0.3, -0.25) is 0 Å². The number of hydrogen-bond acceptors (Lipinski definition) is 2. The fraction of sp³-hybridized carbons (Fsp3) is 0.0185. The van der Waals surface area contributed by atoms with Gasteiger partial charge in [-0.25, -0.2) is 4.99 Å². The van der Waals surface area contributed by atoms with E-state index in [1.807, 2.05) is 12.1 Å². The van der Waals surface area contributed by atoms with Crippen molar-refractivity contribution in [3.63, 3.8) is 0 Å². The van der Waals surface area contributed by atoms with Gasteiger partial charge in [-0.1, -0.05) is 197 Å². The molecule has 0 atom stereocenters. The second-order valence-electron chi connectivity index (χ2n) is 14.7. The molecular weight excluding hydrogens is 804 g/mol. The molecule has 0 saturated heterocycles. The van der Waals surface area contributed by atoms with Crippen molar-refractivity contribution < 1.29 is 0 Å². The molecule has 3 aliphatic rings. The van der Waals surface area contributed by atoms with Gasteiger partial charge in [0.2, 0.25) is 0 Å². The predicted molar refractivity (Wildman–Crippen MR) is 244 cm³/mol. The largest absolute Gasteiger partial charge is 0.242 e. The van der Waals surface area contributed by atoms with Crippen LogP contribution in [0.1, 0.15) is 44.5 Å². The van der Waals surface area contributed by atoms with Crippen LogP contribution in [0.15, 0.2) is 205 Å². The number of halogens is 1. The molecule has 0 N–H and O–H groups in total. The summed E-state index contributed by atoms with van der Waals surface area (Å²) in [7, 11) is 0. The monoisotopic (exact) mass is 836 g/mol. The lowest BCUT2D eigenvalue weighted by Gasteiger charge is -2.30. The van der Waals surface area contributed by atoms with Crippen LogP contribution in [0.25, 0.3) is 48.1 Å². The summed E-state index contributed by atoms with van der Waals surface area (Å²) < 4.78 is 2.53. The molecule has 2 aliphatic carbocycles. The second-order valence-corrected chi connectivity index (χ2v) is 17.4. The van der Waals surface area contributed by atoms with Crippen molar-refractivity contribution in [1.82, 2.24) is 0 Å². The summed E-state index contributed by atoms with van der Waals surface area (Å²) in [5.74, 6) is 0. The Hall–Kier alpha value is -6.74. The van der Waals surface area contributed by atoms with Crippen LogP contribution in [0, 0.1) is 11.3 Å². The molecule has 8 aromatic carbocycles. The third-order valence-electron chi connectivity index (χ3n) is 11.7. The molecule has 1 aliphatic heterocycles. The Morgan fingerprint density at radius 3 is 1.68 bits per heavy atom. The molecule has 8 aromatic rings. The number of nitrogens with zero attached hydrogens (tertiary/aromatic N) is 2. The predicted octanol–water partition coefficient (Wildman–Crippen LogP) is 13.2. The minimum atomic E-state index is -0.522. The molecule has 0 radical (unpaired) electrons. The zero-order valence-corrected chi connectivity index (χ0v) is 33.0. The van der Waals surface area contributed by atoms with E-state index in [4.69, 9.17) is 4.99 Å². The van der Waals surface area contributed by atoms with E-state index in [1.165, 1.54) is 62.8 Å². The molecule has 2 nitrogen and oxygen atoms in total. The van der Waals surface area contributed by atoms with Crippen molar-refractivity contribution in [3.8, 4) is 50.6 Å². The van der Waals surface area contributed by atoms with Gasteiger partial charge >= 0.3 is 0 Å². The fourth-order valence-corrected chi connectivity index (χ4v) is 11.9. The van der Waals surface area contributed by atoms with Crippen molar-refractivity contribution in [1.29, 1.82) is 5.26 Å². The standard InChI is InChI=1S/C54H33IN2/c56-34-42-19-12-24-48-52(42)45-30-29-40(32-49(45)54(48)46-22-9-7-20-43(46)44-21-8-10-23-47(44)54)36-25-27-38(28-26-36)51-33-50(37-15-5-2-6-16-37)55-53(57-51)41-18-11-17-39(31-41)35-13-3-1-4-14-35/h1-33H. The Kier molecular flexibility index (Phi) is 7.94. The van der Waals surface area contributed by atoms with Crippen LogP contribution in [0.5, 0.6) is 0 Å². The third-order valence-corrected chi connectivity index (χ3v) is 14.6. The molecule has 0 aromatic heterocycles. The van der Waals surface area contributed by atoms with Gasteiger partial charge in [-0.05, 0) is 91.0 Å². The summed E-state index contributed by atoms with van der Waals surface area (Å²) in [6.07, 6.45) is 2.31. The van der Waals surface area contributed by atoms with Gasteiger partial charge < -0.3 is 0 Å². The van der Waals surface area contributed by atoms with E-state index in [-0.39, 0.29) is 0 Å². The molecule has 266 valence electrons. The number of nitriles is 1. The van der Waals surface area contributed by atoms with Gasteiger partial charge in [0.1, 0.15) is 3.63 Å². The number of benzene rings is 8. The molecule has 0 fully saturated rings. The number of allylic oxidation sites excluding steroid dienone is 1. The van der Waals surface area contributed by atoms with E-state index in [0.29, 0.717) is 5.56 Å². The quantitative estimate of drug-likeness (QED) is 0.159. The summed E-state index contributed by atoms with van der Waals surface area (Å²) >= 11 is -0.522. The minimum Gasteiger partial charge on any atom is -0.242 e. The first-order valence-electron chi connectivity index (χ1n) is 19.2. The molecule has 11 rings (SSSR count). The third kappa shape index (κ3) is 5.29. The minimum absolute atomic E-state index is 0.511. The lowest BCUT2D eigenvalue weighted by atomic mass is 9.70. The number of hydrogen-bond donors (Lipinski definition) is 0. The summed E-state index contributed by atoms with van der Waals surface area (Å²) in [5.41, 5.74) is 19.1. The summed E-state index contributed by atoms with van der Waals surface area (Å²) in [5, 5.41) is 10.4. The van der Waals surface area contributed by atoms with Gasteiger partial charge in [0, 0.05) is 20.3 Å². The molecule has 0 amide bonds. The van der Waals surface area contributed by atoms with Crippen molar-refractivity contribution in [2.45, 2.75) is 5.41 Å². The molecule has 57 heavy (non-hydrogen) atoms. The van der Waals surface area contributed by atoms with Crippen molar-refractivity contribution in [2.24, 2.45) is 4.99 Å². The van der Waals surface area contributed by atoms with Crippen LogP contribution in [0.3, 0.4) is 0 Å². The number of aliphatic imine (C=N–C) groups is 1. The van der Waals surface area contributed by atoms with Crippen LogP contribution in [-0.4, -0.2) is 9.34 Å². The molecule has 3 heteroatoms. The smallest absolute Gasteiger partial charge is 0.104 e. The SMILES string of the molecule is N#Cc1cccc2c1-c1ccc(-c3ccc(C4=NC(c5cccc(-c6ccccc6)c5)=IC(c5ccccc5)=C4)cc3)cc1C21c2ccccc2-c2ccccc21. The lowest BCUT2D eigenvalue weighted by molar-refractivity contribution is 0.794. The first kappa shape index (κ1) is 33.6. The van der Waals surface area contributed by atoms with Gasteiger partial charge in [0.05, 0.1) is 22.8 Å². The van der Waals surface area contributed by atoms with Crippen LogP contribution < -0.4 is 0 Å². The highest BCUT2D eigenvalue weighted by Crippen LogP contribution is 2.63. The van der Waals surface area contributed by atoms with Crippen LogP contribution in [0.4, 0.5) is 0 Å². The Labute approximate surface area is 342 Å². The highest BCUT2D eigenvalue weighted by atomic mass is 127. The Balaban J connectivity index is 1.02. The zero-order valence-electron chi connectivity index (χ0n) is 30.8. The molecule has 0 saturated carbocycles. The highest BCUT2D eigenvalue weighted by molar-refractivity contribution is 14.2. The first-order chi connectivity index (χ1) is 28.2. The van der Waals surface area contributed by atoms with Crippen molar-refractivity contribution in [2.75, 3.05) is 0 Å². The summed E-state index contributed by atoms with van der Waals surface area (Å²) in [6.45, 7) is 0. The normalized spacial score (nSPS) is 14.2. The maximum absolute atomic E-state index is 10.4. The van der Waals surface area contributed by atoms with Crippen LogP contribution >= 0.6 is 20.7 Å². The number of fused-ring (bicyclic) bond motifs is 10. The van der Waals surface area contributed by atoms with Crippen LogP contribution in [0.2, 0.25) is 0 Å². The molecule has 1 spiro atoms. The molecular formula is C54H33IN2. The average molecular weight is 837 g/mol. The van der Waals surface area contributed by atoms with E-state index in [1.54, 1.807) is 0 Å². The van der Waals surface area contributed by atoms with Crippen LogP contribution in [-0.2, 0) is 5.41 Å². The topological polar surface area (TPSA) is 36.1 Å². The lowest BCUT2D eigenvalue weighted by Crippen LogP contribution is -2.25. The summed E-state index contributed by atoms with van der Waals surface area (Å²) in [6, 6.07) is 72.3. The highest BCUT2D eigenvalue weighted by Gasteiger charge is 2.52. The van der Waals surface area contributed by atoms with E-state index < -0.39 is 26.1 Å². The zero-order chi connectivity index (χ0) is 37.9. The van der Waals surface area contributed by atoms with Gasteiger partial charge in [-0.2, -0.15) is 5.26 Å². The fourth-order valence-electron chi connectivity index (χ4n) is 9.16. The van der Waals surface area contributed by atoms with E-state index in [0.717, 1.165) is 33.5 Å². The van der Waals surface area contributed by atoms with E-state index in [2.05, 4.69) is 194 Å². The van der Waals surface area contributed by atoms with E-state index in [9.17, 15) is 5.26 Å². The van der Waals surface area contributed by atoms with Gasteiger partial charge in [-0.15, -0.1) is 0 Å². The van der Waals surface area contributed by atoms with E-state index >= 15 is 0 Å². The van der Waals surface area contributed by atoms with Crippen molar-refractivity contribution >= 4 is 33.7 Å². The average Bonchev–Trinajstić information content (AvgIpc) is 3.77. The molecule has 1 heterocycles.